The van der Waals surface area contributed by atoms with Crippen LogP contribution >= 0.6 is 0 Å². The van der Waals surface area contributed by atoms with Crippen molar-refractivity contribution in [1.82, 2.24) is 19.2 Å². The number of nitrogens with zero attached hydrogens (tertiary/aromatic N) is 5. The van der Waals surface area contributed by atoms with Crippen molar-refractivity contribution in [2.45, 2.75) is 31.8 Å². The van der Waals surface area contributed by atoms with Gasteiger partial charge in [-0.1, -0.05) is 0 Å². The first-order valence-electron chi connectivity index (χ1n) is 10.9. The van der Waals surface area contributed by atoms with Crippen LogP contribution in [0.25, 0.3) is 10.9 Å². The molecule has 9 heteroatoms. The van der Waals surface area contributed by atoms with E-state index in [0.717, 1.165) is 68.6 Å². The number of ether oxygens (including phenoxy) is 1. The fraction of sp³-hybridized carbons (Fsp3) is 0.619. The fourth-order valence-electron chi connectivity index (χ4n) is 4.38. The van der Waals surface area contributed by atoms with Crippen LogP contribution in [-0.2, 0) is 10.0 Å². The molecule has 0 atom stereocenters. The average Bonchev–Trinajstić information content (AvgIpc) is 3.07. The van der Waals surface area contributed by atoms with Crippen molar-refractivity contribution in [2.24, 2.45) is 0 Å². The molecule has 3 aliphatic rings. The van der Waals surface area contributed by atoms with E-state index in [4.69, 9.17) is 4.74 Å². The Hall–Kier alpha value is -1.97. The lowest BCUT2D eigenvalue weighted by molar-refractivity contribution is 0.116. The molecule has 3 heterocycles. The van der Waals surface area contributed by atoms with Gasteiger partial charge in [0.05, 0.1) is 16.7 Å². The van der Waals surface area contributed by atoms with Crippen molar-refractivity contribution in [2.75, 3.05) is 56.5 Å². The molecule has 1 aliphatic carbocycles. The van der Waals surface area contributed by atoms with Crippen molar-refractivity contribution in [1.29, 1.82) is 0 Å². The normalized spacial score (nSPS) is 23.0. The second-order valence-corrected chi connectivity index (χ2v) is 10.5. The molecule has 30 heavy (non-hydrogen) atoms. The topological polar surface area (TPSA) is 78.9 Å². The van der Waals surface area contributed by atoms with Gasteiger partial charge in [-0.25, -0.2) is 22.7 Å². The number of fused-ring (bicyclic) bond motifs is 1. The maximum atomic E-state index is 12.0. The van der Waals surface area contributed by atoms with E-state index in [1.165, 1.54) is 6.42 Å². The van der Waals surface area contributed by atoms with Crippen LogP contribution in [0, 0.1) is 0 Å². The molecule has 1 saturated carbocycles. The minimum absolute atomic E-state index is 0.287. The van der Waals surface area contributed by atoms with Gasteiger partial charge >= 0.3 is 0 Å². The van der Waals surface area contributed by atoms with Gasteiger partial charge in [-0.05, 0) is 43.9 Å². The SMILES string of the molecule is O=S1(=O)CCCN1CCN1CCN(c2ccc3ncnc(OC4CCC4)c3c2)CC1. The zero-order chi connectivity index (χ0) is 20.6. The fourth-order valence-corrected chi connectivity index (χ4v) is 5.90. The van der Waals surface area contributed by atoms with Gasteiger partial charge in [-0.2, -0.15) is 0 Å². The minimum atomic E-state index is -3.00. The van der Waals surface area contributed by atoms with Crippen LogP contribution in [0.4, 0.5) is 5.69 Å². The van der Waals surface area contributed by atoms with E-state index in [-0.39, 0.29) is 6.10 Å². The monoisotopic (exact) mass is 431 g/mol. The largest absolute Gasteiger partial charge is 0.474 e. The first-order valence-corrected chi connectivity index (χ1v) is 12.6. The predicted octanol–water partition coefficient (Wildman–Crippen LogP) is 1.72. The lowest BCUT2D eigenvalue weighted by Crippen LogP contribution is -2.48. The van der Waals surface area contributed by atoms with Crippen LogP contribution in [0.1, 0.15) is 25.7 Å². The average molecular weight is 432 g/mol. The van der Waals surface area contributed by atoms with E-state index in [0.29, 0.717) is 24.7 Å². The second-order valence-electron chi connectivity index (χ2n) is 8.45. The predicted molar refractivity (Wildman–Crippen MR) is 116 cm³/mol. The maximum absolute atomic E-state index is 12.0. The molecule has 3 fully saturated rings. The highest BCUT2D eigenvalue weighted by Crippen LogP contribution is 2.31. The Balaban J connectivity index is 1.22. The molecule has 1 aromatic heterocycles. The van der Waals surface area contributed by atoms with Crippen molar-refractivity contribution < 1.29 is 13.2 Å². The highest BCUT2D eigenvalue weighted by molar-refractivity contribution is 7.89. The second kappa shape index (κ2) is 8.28. The van der Waals surface area contributed by atoms with Gasteiger partial charge in [0.1, 0.15) is 12.4 Å². The summed E-state index contributed by atoms with van der Waals surface area (Å²) in [6.07, 6.45) is 6.06. The number of benzene rings is 1. The Labute approximate surface area is 177 Å². The van der Waals surface area contributed by atoms with E-state index < -0.39 is 10.0 Å². The lowest BCUT2D eigenvalue weighted by Gasteiger charge is -2.36. The molecule has 0 spiro atoms. The number of anilines is 1. The van der Waals surface area contributed by atoms with Crippen LogP contribution in [0.15, 0.2) is 24.5 Å². The summed E-state index contributed by atoms with van der Waals surface area (Å²) in [6.45, 7) is 5.79. The summed E-state index contributed by atoms with van der Waals surface area (Å²) in [6, 6.07) is 6.31. The molecular weight excluding hydrogens is 402 g/mol. The number of rotatable bonds is 6. The Morgan fingerprint density at radius 3 is 2.53 bits per heavy atom. The van der Waals surface area contributed by atoms with Crippen LogP contribution in [-0.4, -0.2) is 85.3 Å². The van der Waals surface area contributed by atoms with Crippen molar-refractivity contribution in [3.63, 3.8) is 0 Å². The highest BCUT2D eigenvalue weighted by Gasteiger charge is 2.28. The van der Waals surface area contributed by atoms with E-state index in [1.54, 1.807) is 10.6 Å². The quantitative estimate of drug-likeness (QED) is 0.689. The number of piperazine rings is 1. The molecular formula is C21H29N5O3S. The summed E-state index contributed by atoms with van der Waals surface area (Å²) >= 11 is 0. The standard InChI is InChI=1S/C21H29N5O3S/c27-30(28)14-2-7-26(30)13-10-24-8-11-25(12-9-24)17-5-6-20-19(15-17)21(23-16-22-20)29-18-3-1-4-18/h5-6,15-16,18H,1-4,7-14H2. The molecule has 0 N–H and O–H groups in total. The third-order valence-electron chi connectivity index (χ3n) is 6.52. The number of hydrogen-bond donors (Lipinski definition) is 0. The molecule has 1 aromatic carbocycles. The zero-order valence-electron chi connectivity index (χ0n) is 17.2. The summed E-state index contributed by atoms with van der Waals surface area (Å²) in [5.41, 5.74) is 2.08. The van der Waals surface area contributed by atoms with Gasteiger partial charge in [-0.3, -0.25) is 4.90 Å². The van der Waals surface area contributed by atoms with Gasteiger partial charge in [0.25, 0.3) is 0 Å². The van der Waals surface area contributed by atoms with Crippen LogP contribution < -0.4 is 9.64 Å². The van der Waals surface area contributed by atoms with Crippen LogP contribution in [0.5, 0.6) is 5.88 Å². The molecule has 5 rings (SSSR count). The molecule has 0 unspecified atom stereocenters. The Bertz CT molecular complexity index is 1000. The highest BCUT2D eigenvalue weighted by atomic mass is 32.2. The van der Waals surface area contributed by atoms with Gasteiger partial charge < -0.3 is 9.64 Å². The molecule has 162 valence electrons. The van der Waals surface area contributed by atoms with Crippen molar-refractivity contribution in [3.05, 3.63) is 24.5 Å². The summed E-state index contributed by atoms with van der Waals surface area (Å²) in [7, 11) is -3.00. The smallest absolute Gasteiger partial charge is 0.224 e. The van der Waals surface area contributed by atoms with E-state index in [2.05, 4.69) is 31.9 Å². The third-order valence-corrected chi connectivity index (χ3v) is 8.48. The Morgan fingerprint density at radius 1 is 1.00 bits per heavy atom. The molecule has 0 radical (unpaired) electrons. The van der Waals surface area contributed by atoms with Gasteiger partial charge in [0.15, 0.2) is 0 Å². The van der Waals surface area contributed by atoms with Gasteiger partial charge in [-0.15, -0.1) is 0 Å². The molecule has 0 amide bonds. The lowest BCUT2D eigenvalue weighted by atomic mass is 9.96. The molecule has 2 aromatic rings. The molecule has 2 saturated heterocycles. The number of aromatic nitrogens is 2. The van der Waals surface area contributed by atoms with Crippen molar-refractivity contribution in [3.8, 4) is 5.88 Å². The summed E-state index contributed by atoms with van der Waals surface area (Å²) in [4.78, 5) is 13.5. The van der Waals surface area contributed by atoms with E-state index >= 15 is 0 Å². The third kappa shape index (κ3) is 4.10. The van der Waals surface area contributed by atoms with Crippen LogP contribution in [0.3, 0.4) is 0 Å². The van der Waals surface area contributed by atoms with Gasteiger partial charge in [0, 0.05) is 51.5 Å². The first-order chi connectivity index (χ1) is 14.6. The minimum Gasteiger partial charge on any atom is -0.474 e. The van der Waals surface area contributed by atoms with Crippen LogP contribution in [0.2, 0.25) is 0 Å². The summed E-state index contributed by atoms with van der Waals surface area (Å²) in [5, 5.41) is 0.976. The Morgan fingerprint density at radius 2 is 1.83 bits per heavy atom. The first kappa shape index (κ1) is 20.0. The Kier molecular flexibility index (Phi) is 5.51. The summed E-state index contributed by atoms with van der Waals surface area (Å²) < 4.78 is 31.7. The van der Waals surface area contributed by atoms with Gasteiger partial charge in [0.2, 0.25) is 15.9 Å². The molecule has 0 bridgehead atoms. The van der Waals surface area contributed by atoms with Crippen molar-refractivity contribution >= 4 is 26.6 Å². The number of hydrogen-bond acceptors (Lipinski definition) is 7. The van der Waals surface area contributed by atoms with E-state index in [9.17, 15) is 8.42 Å². The van der Waals surface area contributed by atoms with E-state index in [1.807, 2.05) is 6.07 Å². The molecule has 2 aliphatic heterocycles. The maximum Gasteiger partial charge on any atom is 0.224 e. The summed E-state index contributed by atoms with van der Waals surface area (Å²) in [5.74, 6) is 0.996. The zero-order valence-corrected chi connectivity index (χ0v) is 18.1. The molecule has 8 nitrogen and oxygen atoms in total. The number of sulfonamides is 1.